The molecule has 0 atom stereocenters. The monoisotopic (exact) mass is 227 g/mol. The first-order chi connectivity index (χ1) is 7.44. The van der Waals surface area contributed by atoms with Crippen molar-refractivity contribution in [1.82, 2.24) is 9.80 Å². The molecule has 1 rings (SSSR count). The Morgan fingerprint density at radius 2 is 1.81 bits per heavy atom. The van der Waals surface area contributed by atoms with Gasteiger partial charge >= 0.3 is 0 Å². The molecule has 16 heavy (non-hydrogen) atoms. The van der Waals surface area contributed by atoms with E-state index in [4.69, 9.17) is 5.73 Å². The molecular formula is C12H25N3O. The summed E-state index contributed by atoms with van der Waals surface area (Å²) in [5.74, 6) is 0.195. The Balaban J connectivity index is 2.34. The summed E-state index contributed by atoms with van der Waals surface area (Å²) in [6, 6.07) is 0. The van der Waals surface area contributed by atoms with E-state index in [2.05, 4.69) is 18.7 Å². The largest absolute Gasteiger partial charge is 0.340 e. The fraction of sp³-hybridized carbons (Fsp3) is 0.917. The number of hydrogen-bond acceptors (Lipinski definition) is 3. The average Bonchev–Trinajstić information content (AvgIpc) is 2.17. The molecule has 4 heteroatoms. The molecule has 1 heterocycles. The molecule has 2 N–H and O–H groups in total. The molecule has 0 saturated carbocycles. The van der Waals surface area contributed by atoms with Crippen LogP contribution >= 0.6 is 0 Å². The van der Waals surface area contributed by atoms with Crippen molar-refractivity contribution < 1.29 is 4.79 Å². The number of rotatable bonds is 4. The third kappa shape index (κ3) is 4.10. The summed E-state index contributed by atoms with van der Waals surface area (Å²) in [6.45, 7) is 11.7. The summed E-state index contributed by atoms with van der Waals surface area (Å²) in [7, 11) is 0. The highest BCUT2D eigenvalue weighted by Gasteiger charge is 2.24. The minimum absolute atomic E-state index is 0.195. The topological polar surface area (TPSA) is 49.6 Å². The van der Waals surface area contributed by atoms with Gasteiger partial charge in [0.05, 0.1) is 0 Å². The Bertz CT molecular complexity index is 232. The predicted molar refractivity (Wildman–Crippen MR) is 66.1 cm³/mol. The lowest BCUT2D eigenvalue weighted by atomic mass is 9.88. The maximum atomic E-state index is 11.2. The van der Waals surface area contributed by atoms with Crippen LogP contribution < -0.4 is 5.73 Å². The van der Waals surface area contributed by atoms with E-state index in [0.717, 1.165) is 45.7 Å². The van der Waals surface area contributed by atoms with Gasteiger partial charge in [-0.15, -0.1) is 0 Å². The van der Waals surface area contributed by atoms with Gasteiger partial charge in [-0.25, -0.2) is 0 Å². The quantitative estimate of drug-likeness (QED) is 0.762. The van der Waals surface area contributed by atoms with Gasteiger partial charge in [-0.05, 0) is 18.4 Å². The summed E-state index contributed by atoms with van der Waals surface area (Å²) in [6.07, 6.45) is 1.06. The van der Waals surface area contributed by atoms with E-state index in [9.17, 15) is 4.79 Å². The zero-order chi connectivity index (χ0) is 12.2. The Morgan fingerprint density at radius 1 is 1.25 bits per heavy atom. The molecule has 0 bridgehead atoms. The van der Waals surface area contributed by atoms with E-state index in [-0.39, 0.29) is 11.3 Å². The smallest absolute Gasteiger partial charge is 0.219 e. The fourth-order valence-corrected chi connectivity index (χ4v) is 2.30. The number of carbonyl (C=O) groups is 1. The summed E-state index contributed by atoms with van der Waals surface area (Å²) < 4.78 is 0. The van der Waals surface area contributed by atoms with Crippen molar-refractivity contribution in [2.45, 2.75) is 27.2 Å². The van der Waals surface area contributed by atoms with Crippen LogP contribution in [-0.4, -0.2) is 55.0 Å². The van der Waals surface area contributed by atoms with E-state index in [1.54, 1.807) is 6.92 Å². The second-order valence-electron chi connectivity index (χ2n) is 5.49. The van der Waals surface area contributed by atoms with Gasteiger partial charge in [-0.3, -0.25) is 9.69 Å². The number of nitrogens with two attached hydrogens (primary N) is 1. The van der Waals surface area contributed by atoms with Crippen molar-refractivity contribution in [2.75, 3.05) is 39.3 Å². The number of amides is 1. The van der Waals surface area contributed by atoms with Crippen LogP contribution in [0.3, 0.4) is 0 Å². The molecule has 0 aromatic carbocycles. The summed E-state index contributed by atoms with van der Waals surface area (Å²) >= 11 is 0. The van der Waals surface area contributed by atoms with Crippen LogP contribution in [0.2, 0.25) is 0 Å². The molecule has 1 fully saturated rings. The number of hydrogen-bond donors (Lipinski definition) is 1. The van der Waals surface area contributed by atoms with Crippen LogP contribution in [0.4, 0.5) is 0 Å². The zero-order valence-corrected chi connectivity index (χ0v) is 10.8. The molecule has 0 aromatic rings. The molecule has 4 nitrogen and oxygen atoms in total. The van der Waals surface area contributed by atoms with E-state index in [1.807, 2.05) is 4.90 Å². The highest BCUT2D eigenvalue weighted by atomic mass is 16.2. The number of nitrogens with zero attached hydrogens (tertiary/aromatic N) is 2. The number of piperazine rings is 1. The van der Waals surface area contributed by atoms with Crippen LogP contribution in [0, 0.1) is 5.41 Å². The molecule has 1 aliphatic rings. The van der Waals surface area contributed by atoms with Gasteiger partial charge in [0.2, 0.25) is 5.91 Å². The first kappa shape index (κ1) is 13.5. The lowest BCUT2D eigenvalue weighted by molar-refractivity contribution is -0.130. The Labute approximate surface area is 98.8 Å². The predicted octanol–water partition coefficient (Wildman–Crippen LogP) is 0.526. The maximum Gasteiger partial charge on any atom is 0.219 e. The molecule has 94 valence electrons. The zero-order valence-electron chi connectivity index (χ0n) is 10.8. The molecule has 1 aliphatic heterocycles. The molecule has 1 saturated heterocycles. The van der Waals surface area contributed by atoms with E-state index in [0.29, 0.717) is 0 Å². The van der Waals surface area contributed by atoms with E-state index >= 15 is 0 Å². The van der Waals surface area contributed by atoms with E-state index in [1.165, 1.54) is 0 Å². The van der Waals surface area contributed by atoms with Crippen molar-refractivity contribution in [2.24, 2.45) is 11.1 Å². The maximum absolute atomic E-state index is 11.2. The van der Waals surface area contributed by atoms with Crippen LogP contribution in [0.15, 0.2) is 0 Å². The van der Waals surface area contributed by atoms with Crippen molar-refractivity contribution in [3.05, 3.63) is 0 Å². The molecule has 0 unspecified atom stereocenters. The van der Waals surface area contributed by atoms with Gasteiger partial charge in [0.25, 0.3) is 0 Å². The van der Waals surface area contributed by atoms with Crippen molar-refractivity contribution in [3.8, 4) is 0 Å². The lowest BCUT2D eigenvalue weighted by Gasteiger charge is -2.38. The number of carbonyl (C=O) groups excluding carboxylic acids is 1. The molecule has 0 radical (unpaired) electrons. The highest BCUT2D eigenvalue weighted by molar-refractivity contribution is 5.73. The minimum atomic E-state index is 0.195. The molecular weight excluding hydrogens is 202 g/mol. The van der Waals surface area contributed by atoms with Crippen LogP contribution in [0.25, 0.3) is 0 Å². The van der Waals surface area contributed by atoms with Gasteiger partial charge in [-0.1, -0.05) is 13.8 Å². The lowest BCUT2D eigenvalue weighted by Crippen LogP contribution is -2.50. The first-order valence-corrected chi connectivity index (χ1v) is 6.12. The first-order valence-electron chi connectivity index (χ1n) is 6.12. The Morgan fingerprint density at radius 3 is 2.25 bits per heavy atom. The second-order valence-corrected chi connectivity index (χ2v) is 5.49. The SMILES string of the molecule is CC(=O)N1CCN(CC(C)(C)CCN)CC1. The molecule has 0 aromatic heterocycles. The van der Waals surface area contributed by atoms with Crippen molar-refractivity contribution >= 4 is 5.91 Å². The Hall–Kier alpha value is -0.610. The molecule has 0 aliphatic carbocycles. The second kappa shape index (κ2) is 5.64. The summed E-state index contributed by atoms with van der Waals surface area (Å²) in [4.78, 5) is 15.5. The molecule has 1 amide bonds. The summed E-state index contributed by atoms with van der Waals surface area (Å²) in [5, 5.41) is 0. The van der Waals surface area contributed by atoms with Crippen LogP contribution in [0.5, 0.6) is 0 Å². The normalized spacial score (nSPS) is 18.9. The van der Waals surface area contributed by atoms with Crippen LogP contribution in [-0.2, 0) is 4.79 Å². The van der Waals surface area contributed by atoms with Gasteiger partial charge in [0.15, 0.2) is 0 Å². The van der Waals surface area contributed by atoms with Gasteiger partial charge in [0, 0.05) is 39.6 Å². The van der Waals surface area contributed by atoms with Gasteiger partial charge < -0.3 is 10.6 Å². The fourth-order valence-electron chi connectivity index (χ4n) is 2.30. The third-order valence-electron chi connectivity index (χ3n) is 3.29. The van der Waals surface area contributed by atoms with Crippen LogP contribution in [0.1, 0.15) is 27.2 Å². The Kier molecular flexibility index (Phi) is 4.74. The van der Waals surface area contributed by atoms with Crippen molar-refractivity contribution in [1.29, 1.82) is 0 Å². The molecule has 0 spiro atoms. The third-order valence-corrected chi connectivity index (χ3v) is 3.29. The minimum Gasteiger partial charge on any atom is -0.340 e. The average molecular weight is 227 g/mol. The highest BCUT2D eigenvalue weighted by Crippen LogP contribution is 2.21. The standard InChI is InChI=1S/C12H25N3O/c1-11(16)15-8-6-14(7-9-15)10-12(2,3)4-5-13/h4-10,13H2,1-3H3. The van der Waals surface area contributed by atoms with Crippen molar-refractivity contribution in [3.63, 3.8) is 0 Å². The van der Waals surface area contributed by atoms with E-state index < -0.39 is 0 Å². The van der Waals surface area contributed by atoms with Gasteiger partial charge in [-0.2, -0.15) is 0 Å². The summed E-state index contributed by atoms with van der Waals surface area (Å²) in [5.41, 5.74) is 5.89. The van der Waals surface area contributed by atoms with Gasteiger partial charge in [0.1, 0.15) is 0 Å².